The van der Waals surface area contributed by atoms with Crippen LogP contribution in [0.25, 0.3) is 0 Å². The van der Waals surface area contributed by atoms with Gasteiger partial charge in [-0.05, 0) is 12.1 Å². The van der Waals surface area contributed by atoms with Gasteiger partial charge in [0.05, 0.1) is 18.8 Å². The van der Waals surface area contributed by atoms with E-state index in [2.05, 4.69) is 15.6 Å². The number of anilines is 1. The molecule has 1 amide bonds. The molecule has 10 heteroatoms. The predicted molar refractivity (Wildman–Crippen MR) is 93.9 cm³/mol. The number of alkyl halides is 3. The van der Waals surface area contributed by atoms with Crippen LogP contribution < -0.4 is 15.5 Å². The summed E-state index contributed by atoms with van der Waals surface area (Å²) < 4.78 is 45.7. The number of halogens is 3. The van der Waals surface area contributed by atoms with Crippen molar-refractivity contribution in [2.75, 3.05) is 63.9 Å². The zero-order chi connectivity index (χ0) is 19.3. The quantitative estimate of drug-likeness (QED) is 0.766. The maximum Gasteiger partial charge on any atom is 0.405 e. The Morgan fingerprint density at radius 3 is 2.63 bits per heavy atom. The highest BCUT2D eigenvalue weighted by Gasteiger charge is 2.44. The van der Waals surface area contributed by atoms with Gasteiger partial charge >= 0.3 is 6.18 Å². The monoisotopic (exact) mass is 387 g/mol. The standard InChI is InChI=1S/C17H24F3N5O2/c18-17(19,20)14(24-6-4-21-5-7-24)12-23-16(26)13-2-1-3-22-15(13)25-8-10-27-11-9-25/h1-3,14,21H,4-12H2,(H,23,26). The van der Waals surface area contributed by atoms with E-state index in [0.29, 0.717) is 58.3 Å². The number of rotatable bonds is 5. The van der Waals surface area contributed by atoms with E-state index in [1.807, 2.05) is 4.90 Å². The molecule has 0 bridgehead atoms. The summed E-state index contributed by atoms with van der Waals surface area (Å²) in [7, 11) is 0. The zero-order valence-electron chi connectivity index (χ0n) is 15.0. The molecule has 0 aromatic carbocycles. The molecule has 1 aromatic heterocycles. The summed E-state index contributed by atoms with van der Waals surface area (Å²) in [6.07, 6.45) is -2.84. The van der Waals surface area contributed by atoms with Crippen LogP contribution in [0.2, 0.25) is 0 Å². The molecule has 1 unspecified atom stereocenters. The van der Waals surface area contributed by atoms with Crippen LogP contribution in [0.1, 0.15) is 10.4 Å². The van der Waals surface area contributed by atoms with Crippen LogP contribution in [-0.2, 0) is 4.74 Å². The fraction of sp³-hybridized carbons (Fsp3) is 0.647. The second-order valence-corrected chi connectivity index (χ2v) is 6.53. The molecule has 0 radical (unpaired) electrons. The first-order valence-electron chi connectivity index (χ1n) is 9.04. The highest BCUT2D eigenvalue weighted by atomic mass is 19.4. The molecule has 3 rings (SSSR count). The number of nitrogens with zero attached hydrogens (tertiary/aromatic N) is 3. The number of hydrogen-bond acceptors (Lipinski definition) is 6. The van der Waals surface area contributed by atoms with Crippen LogP contribution in [-0.4, -0.2) is 87.0 Å². The minimum Gasteiger partial charge on any atom is -0.378 e. The first-order chi connectivity index (χ1) is 13.0. The number of amides is 1. The Morgan fingerprint density at radius 1 is 1.26 bits per heavy atom. The molecule has 1 atom stereocenters. The number of piperazine rings is 1. The second-order valence-electron chi connectivity index (χ2n) is 6.53. The summed E-state index contributed by atoms with van der Waals surface area (Å²) in [5, 5.41) is 5.50. The largest absolute Gasteiger partial charge is 0.405 e. The molecule has 1 aromatic rings. The predicted octanol–water partition coefficient (Wildman–Crippen LogP) is 0.484. The van der Waals surface area contributed by atoms with Crippen LogP contribution in [0.15, 0.2) is 18.3 Å². The first-order valence-corrected chi connectivity index (χ1v) is 9.04. The van der Waals surface area contributed by atoms with Gasteiger partial charge in [-0.25, -0.2) is 4.98 Å². The van der Waals surface area contributed by atoms with Gasteiger partial charge in [-0.2, -0.15) is 13.2 Å². The number of pyridine rings is 1. The van der Waals surface area contributed by atoms with Gasteiger partial charge < -0.3 is 20.3 Å². The lowest BCUT2D eigenvalue weighted by Gasteiger charge is -2.36. The molecule has 2 aliphatic rings. The molecule has 2 aliphatic heterocycles. The molecule has 0 aliphatic carbocycles. The third-order valence-corrected chi connectivity index (χ3v) is 4.77. The van der Waals surface area contributed by atoms with Crippen LogP contribution in [0.4, 0.5) is 19.0 Å². The number of carbonyl (C=O) groups excluding carboxylic acids is 1. The molecule has 7 nitrogen and oxygen atoms in total. The van der Waals surface area contributed by atoms with Gasteiger partial charge in [0, 0.05) is 52.0 Å². The summed E-state index contributed by atoms with van der Waals surface area (Å²) in [4.78, 5) is 20.1. The van der Waals surface area contributed by atoms with Gasteiger partial charge in [-0.15, -0.1) is 0 Å². The van der Waals surface area contributed by atoms with Crippen molar-refractivity contribution in [1.82, 2.24) is 20.5 Å². The van der Waals surface area contributed by atoms with Crippen LogP contribution >= 0.6 is 0 Å². The summed E-state index contributed by atoms with van der Waals surface area (Å²) >= 11 is 0. The molecule has 27 heavy (non-hydrogen) atoms. The number of aromatic nitrogens is 1. The Hall–Kier alpha value is -1.91. The lowest BCUT2D eigenvalue weighted by molar-refractivity contribution is -0.183. The highest BCUT2D eigenvalue weighted by Crippen LogP contribution is 2.25. The Morgan fingerprint density at radius 2 is 1.96 bits per heavy atom. The lowest BCUT2D eigenvalue weighted by Crippen LogP contribution is -2.57. The number of carbonyl (C=O) groups is 1. The summed E-state index contributed by atoms with van der Waals surface area (Å²) in [5.41, 5.74) is 0.278. The van der Waals surface area contributed by atoms with E-state index >= 15 is 0 Å². The van der Waals surface area contributed by atoms with Gasteiger partial charge in [-0.3, -0.25) is 9.69 Å². The van der Waals surface area contributed by atoms with Crippen molar-refractivity contribution in [1.29, 1.82) is 0 Å². The molecule has 0 spiro atoms. The Kier molecular flexibility index (Phi) is 6.51. The SMILES string of the molecule is O=C(NCC(N1CCNCC1)C(F)(F)F)c1cccnc1N1CCOCC1. The third-order valence-electron chi connectivity index (χ3n) is 4.77. The van der Waals surface area contributed by atoms with E-state index in [4.69, 9.17) is 4.74 Å². The molecule has 3 heterocycles. The second kappa shape index (κ2) is 8.85. The van der Waals surface area contributed by atoms with E-state index in [-0.39, 0.29) is 5.56 Å². The van der Waals surface area contributed by atoms with E-state index < -0.39 is 24.7 Å². The summed E-state index contributed by atoms with van der Waals surface area (Å²) in [5.74, 6) is -0.0713. The fourth-order valence-corrected chi connectivity index (χ4v) is 3.33. The van der Waals surface area contributed by atoms with Crippen molar-refractivity contribution in [2.24, 2.45) is 0 Å². The molecule has 2 N–H and O–H groups in total. The van der Waals surface area contributed by atoms with Gasteiger partial charge in [-0.1, -0.05) is 0 Å². The highest BCUT2D eigenvalue weighted by molar-refractivity contribution is 5.98. The van der Waals surface area contributed by atoms with Gasteiger partial charge in [0.15, 0.2) is 0 Å². The van der Waals surface area contributed by atoms with E-state index in [0.717, 1.165) is 0 Å². The maximum absolute atomic E-state index is 13.5. The van der Waals surface area contributed by atoms with Gasteiger partial charge in [0.25, 0.3) is 5.91 Å². The van der Waals surface area contributed by atoms with Crippen LogP contribution in [0.5, 0.6) is 0 Å². The molecule has 0 saturated carbocycles. The smallest absolute Gasteiger partial charge is 0.378 e. The van der Waals surface area contributed by atoms with Crippen molar-refractivity contribution in [2.45, 2.75) is 12.2 Å². The topological polar surface area (TPSA) is 69.7 Å². The number of hydrogen-bond donors (Lipinski definition) is 2. The van der Waals surface area contributed by atoms with Crippen LogP contribution in [0, 0.1) is 0 Å². The zero-order valence-corrected chi connectivity index (χ0v) is 15.0. The maximum atomic E-state index is 13.5. The summed E-state index contributed by atoms with van der Waals surface area (Å²) in [6.45, 7) is 3.34. The van der Waals surface area contributed by atoms with Crippen molar-refractivity contribution in [3.05, 3.63) is 23.9 Å². The molecular formula is C17H24F3N5O2. The molecule has 2 saturated heterocycles. The van der Waals surface area contributed by atoms with Crippen molar-refractivity contribution in [3.63, 3.8) is 0 Å². The minimum atomic E-state index is -4.41. The normalized spacial score (nSPS) is 20.3. The number of morpholine rings is 1. The lowest BCUT2D eigenvalue weighted by atomic mass is 10.1. The fourth-order valence-electron chi connectivity index (χ4n) is 3.33. The Balaban J connectivity index is 1.69. The van der Waals surface area contributed by atoms with Crippen LogP contribution in [0.3, 0.4) is 0 Å². The van der Waals surface area contributed by atoms with Gasteiger partial charge in [0.1, 0.15) is 11.9 Å². The summed E-state index contributed by atoms with van der Waals surface area (Å²) in [6, 6.07) is 1.49. The first kappa shape index (κ1) is 19.8. The number of nitrogens with one attached hydrogen (secondary N) is 2. The minimum absolute atomic E-state index is 0.278. The Labute approximate surface area is 155 Å². The molecule has 150 valence electrons. The van der Waals surface area contributed by atoms with Crippen molar-refractivity contribution < 1.29 is 22.7 Å². The molecule has 2 fully saturated rings. The Bertz CT molecular complexity index is 631. The third kappa shape index (κ3) is 5.08. The molecular weight excluding hydrogens is 363 g/mol. The van der Waals surface area contributed by atoms with Crippen molar-refractivity contribution in [3.8, 4) is 0 Å². The number of ether oxygens (including phenoxy) is 1. The van der Waals surface area contributed by atoms with Gasteiger partial charge in [0.2, 0.25) is 0 Å². The van der Waals surface area contributed by atoms with E-state index in [1.54, 1.807) is 18.3 Å². The average Bonchev–Trinajstić information content (AvgIpc) is 2.68. The average molecular weight is 387 g/mol. The van der Waals surface area contributed by atoms with Crippen molar-refractivity contribution >= 4 is 11.7 Å². The van der Waals surface area contributed by atoms with E-state index in [1.165, 1.54) is 4.90 Å². The van der Waals surface area contributed by atoms with E-state index in [9.17, 15) is 18.0 Å².